The Morgan fingerprint density at radius 2 is 1.83 bits per heavy atom. The molecule has 1 fully saturated rings. The fourth-order valence-corrected chi connectivity index (χ4v) is 4.22. The zero-order valence-electron chi connectivity index (χ0n) is 16.7. The highest BCUT2D eigenvalue weighted by molar-refractivity contribution is 5.97. The van der Waals surface area contributed by atoms with Crippen LogP contribution >= 0.6 is 0 Å². The maximum atomic E-state index is 13.1. The van der Waals surface area contributed by atoms with E-state index in [0.29, 0.717) is 12.1 Å². The number of benzene rings is 2. The number of likely N-dealkylation sites (tertiary alicyclic amines) is 1. The molecule has 0 amide bonds. The van der Waals surface area contributed by atoms with Crippen LogP contribution in [0.3, 0.4) is 0 Å². The second-order valence-corrected chi connectivity index (χ2v) is 7.94. The van der Waals surface area contributed by atoms with Crippen LogP contribution in [0.1, 0.15) is 35.2 Å². The van der Waals surface area contributed by atoms with Gasteiger partial charge in [0, 0.05) is 18.0 Å². The Labute approximate surface area is 169 Å². The number of ketones is 1. The number of nitrogens with zero attached hydrogens (tertiary/aromatic N) is 2. The van der Waals surface area contributed by atoms with Gasteiger partial charge in [0.05, 0.1) is 11.0 Å². The molecule has 2 aromatic carbocycles. The first-order valence-electron chi connectivity index (χ1n) is 10.2. The first kappa shape index (κ1) is 19.6. The van der Waals surface area contributed by atoms with E-state index in [1.807, 2.05) is 25.1 Å². The molecule has 4 rings (SSSR count). The van der Waals surface area contributed by atoms with Crippen LogP contribution in [0.2, 0.25) is 0 Å². The topological polar surface area (TPSA) is 58.1 Å². The Kier molecular flexibility index (Phi) is 5.62. The Morgan fingerprint density at radius 3 is 2.55 bits per heavy atom. The Hall–Kier alpha value is -2.73. The standard InChI is InChI=1S/C23H26FN3O2/c1-16-3-8-21-20(15-16)25-23(29)27(21)12-2-11-26-13-9-18(10-14-26)22(28)17-4-6-19(24)7-5-17/h3-8,15,18H,2,9-14H2,1H3,(H,25,29). The van der Waals surface area contributed by atoms with Gasteiger partial charge >= 0.3 is 5.69 Å². The van der Waals surface area contributed by atoms with E-state index in [2.05, 4.69) is 9.88 Å². The minimum Gasteiger partial charge on any atom is -0.306 e. The summed E-state index contributed by atoms with van der Waals surface area (Å²) in [4.78, 5) is 30.1. The molecule has 1 saturated heterocycles. The van der Waals surface area contributed by atoms with Crippen molar-refractivity contribution in [2.75, 3.05) is 19.6 Å². The number of piperidine rings is 1. The molecule has 1 aliphatic rings. The number of aromatic nitrogens is 2. The van der Waals surface area contributed by atoms with Gasteiger partial charge in [-0.2, -0.15) is 0 Å². The zero-order chi connectivity index (χ0) is 20.4. The van der Waals surface area contributed by atoms with E-state index in [-0.39, 0.29) is 23.2 Å². The van der Waals surface area contributed by atoms with Gasteiger partial charge in [0.15, 0.2) is 5.78 Å². The van der Waals surface area contributed by atoms with Gasteiger partial charge in [-0.05, 0) is 87.8 Å². The lowest BCUT2D eigenvalue weighted by atomic mass is 9.89. The van der Waals surface area contributed by atoms with Gasteiger partial charge in [-0.25, -0.2) is 9.18 Å². The number of hydrogen-bond acceptors (Lipinski definition) is 3. The lowest BCUT2D eigenvalue weighted by Gasteiger charge is -2.31. The summed E-state index contributed by atoms with van der Waals surface area (Å²) in [6.45, 7) is 5.34. The van der Waals surface area contributed by atoms with Crippen LogP contribution in [0.5, 0.6) is 0 Å². The molecule has 0 atom stereocenters. The highest BCUT2D eigenvalue weighted by Gasteiger charge is 2.25. The van der Waals surface area contributed by atoms with Gasteiger partial charge in [0.25, 0.3) is 0 Å². The highest BCUT2D eigenvalue weighted by Crippen LogP contribution is 2.22. The number of hydrogen-bond donors (Lipinski definition) is 1. The van der Waals surface area contributed by atoms with Crippen molar-refractivity contribution in [3.05, 3.63) is 69.9 Å². The van der Waals surface area contributed by atoms with E-state index >= 15 is 0 Å². The molecule has 0 spiro atoms. The number of carbonyl (C=O) groups excluding carboxylic acids is 1. The summed E-state index contributed by atoms with van der Waals surface area (Å²) in [5.41, 5.74) is 3.50. The number of halogens is 1. The molecule has 0 saturated carbocycles. The number of aromatic amines is 1. The number of H-pyrrole nitrogens is 1. The smallest absolute Gasteiger partial charge is 0.306 e. The first-order chi connectivity index (χ1) is 14.0. The van der Waals surface area contributed by atoms with Gasteiger partial charge in [-0.3, -0.25) is 9.36 Å². The summed E-state index contributed by atoms with van der Waals surface area (Å²) in [6, 6.07) is 11.8. The number of nitrogens with one attached hydrogen (secondary N) is 1. The summed E-state index contributed by atoms with van der Waals surface area (Å²) in [7, 11) is 0. The maximum Gasteiger partial charge on any atom is 0.326 e. The number of Topliss-reactive ketones (excluding diaryl/α,β-unsaturated/α-hetero) is 1. The van der Waals surface area contributed by atoms with Crippen molar-refractivity contribution in [2.24, 2.45) is 5.92 Å². The van der Waals surface area contributed by atoms with Crippen LogP contribution in [-0.2, 0) is 6.54 Å². The number of aryl methyl sites for hydroxylation is 2. The van der Waals surface area contributed by atoms with Crippen molar-refractivity contribution in [2.45, 2.75) is 32.7 Å². The van der Waals surface area contributed by atoms with Crippen molar-refractivity contribution in [3.63, 3.8) is 0 Å². The van der Waals surface area contributed by atoms with Crippen LogP contribution in [-0.4, -0.2) is 39.9 Å². The second-order valence-electron chi connectivity index (χ2n) is 7.94. The molecule has 6 heteroatoms. The van der Waals surface area contributed by atoms with E-state index < -0.39 is 0 Å². The minimum absolute atomic E-state index is 0.0104. The summed E-state index contributed by atoms with van der Waals surface area (Å²) >= 11 is 0. The third-order valence-electron chi connectivity index (χ3n) is 5.87. The lowest BCUT2D eigenvalue weighted by Crippen LogP contribution is -2.37. The average molecular weight is 395 g/mol. The van der Waals surface area contributed by atoms with Crippen molar-refractivity contribution in [3.8, 4) is 0 Å². The Bertz CT molecular complexity index is 1060. The molecule has 3 aromatic rings. The molecule has 0 radical (unpaired) electrons. The predicted octanol–water partition coefficient (Wildman–Crippen LogP) is 3.76. The largest absolute Gasteiger partial charge is 0.326 e. The van der Waals surface area contributed by atoms with Crippen LogP contribution in [0.15, 0.2) is 47.3 Å². The third kappa shape index (κ3) is 4.32. The fourth-order valence-electron chi connectivity index (χ4n) is 4.22. The summed E-state index contributed by atoms with van der Waals surface area (Å²) in [6.07, 6.45) is 2.53. The van der Waals surface area contributed by atoms with E-state index in [4.69, 9.17) is 0 Å². The molecule has 0 bridgehead atoms. The number of fused-ring (bicyclic) bond motifs is 1. The molecule has 29 heavy (non-hydrogen) atoms. The molecule has 0 unspecified atom stereocenters. The molecule has 0 aliphatic carbocycles. The average Bonchev–Trinajstić information content (AvgIpc) is 3.03. The Morgan fingerprint density at radius 1 is 1.10 bits per heavy atom. The van der Waals surface area contributed by atoms with E-state index in [1.165, 1.54) is 12.1 Å². The number of carbonyl (C=O) groups is 1. The van der Waals surface area contributed by atoms with Gasteiger partial charge in [-0.1, -0.05) is 6.07 Å². The second kappa shape index (κ2) is 8.33. The monoisotopic (exact) mass is 395 g/mol. The molecule has 1 aliphatic heterocycles. The van der Waals surface area contributed by atoms with Crippen molar-refractivity contribution < 1.29 is 9.18 Å². The fraction of sp³-hybridized carbons (Fsp3) is 0.391. The molecule has 5 nitrogen and oxygen atoms in total. The molecule has 1 aromatic heterocycles. The molecule has 152 valence electrons. The number of imidazole rings is 1. The van der Waals surface area contributed by atoms with Crippen LogP contribution < -0.4 is 5.69 Å². The van der Waals surface area contributed by atoms with E-state index in [1.54, 1.807) is 16.7 Å². The molecule has 2 heterocycles. The van der Waals surface area contributed by atoms with Gasteiger partial charge in [0.2, 0.25) is 0 Å². The van der Waals surface area contributed by atoms with Crippen molar-refractivity contribution >= 4 is 16.8 Å². The Balaban J connectivity index is 1.28. The maximum absolute atomic E-state index is 13.1. The summed E-state index contributed by atoms with van der Waals surface area (Å²) < 4.78 is 14.9. The van der Waals surface area contributed by atoms with Crippen LogP contribution in [0.4, 0.5) is 4.39 Å². The van der Waals surface area contributed by atoms with Crippen LogP contribution in [0, 0.1) is 18.7 Å². The van der Waals surface area contributed by atoms with Crippen molar-refractivity contribution in [1.29, 1.82) is 0 Å². The summed E-state index contributed by atoms with van der Waals surface area (Å²) in [5, 5.41) is 0. The predicted molar refractivity (Wildman–Crippen MR) is 112 cm³/mol. The van der Waals surface area contributed by atoms with Gasteiger partial charge < -0.3 is 9.88 Å². The third-order valence-corrected chi connectivity index (χ3v) is 5.87. The zero-order valence-corrected chi connectivity index (χ0v) is 16.7. The molecular formula is C23H26FN3O2. The van der Waals surface area contributed by atoms with Gasteiger partial charge in [0.1, 0.15) is 5.82 Å². The first-order valence-corrected chi connectivity index (χ1v) is 10.2. The quantitative estimate of drug-likeness (QED) is 0.647. The number of rotatable bonds is 6. The molecular weight excluding hydrogens is 369 g/mol. The van der Waals surface area contributed by atoms with Gasteiger partial charge in [-0.15, -0.1) is 0 Å². The highest BCUT2D eigenvalue weighted by atomic mass is 19.1. The normalized spacial score (nSPS) is 15.8. The molecule has 1 N–H and O–H groups in total. The SMILES string of the molecule is Cc1ccc2c(c1)[nH]c(=O)n2CCCN1CCC(C(=O)c2ccc(F)cc2)CC1. The van der Waals surface area contributed by atoms with Crippen molar-refractivity contribution in [1.82, 2.24) is 14.5 Å². The summed E-state index contributed by atoms with van der Waals surface area (Å²) in [5.74, 6) is -0.192. The van der Waals surface area contributed by atoms with E-state index in [0.717, 1.165) is 55.5 Å². The lowest BCUT2D eigenvalue weighted by molar-refractivity contribution is 0.0838. The van der Waals surface area contributed by atoms with Crippen LogP contribution in [0.25, 0.3) is 11.0 Å². The van der Waals surface area contributed by atoms with E-state index in [9.17, 15) is 14.0 Å². The minimum atomic E-state index is -0.319.